The maximum atomic E-state index is 12.4. The Morgan fingerprint density at radius 3 is 2.67 bits per heavy atom. The molecule has 0 saturated heterocycles. The zero-order chi connectivity index (χ0) is 17.9. The molecule has 1 heterocycles. The zero-order valence-corrected chi connectivity index (χ0v) is 13.1. The Hall–Kier alpha value is -3.23. The van der Waals surface area contributed by atoms with Crippen molar-refractivity contribution in [3.8, 4) is 0 Å². The first-order valence-corrected chi connectivity index (χ1v) is 7.05. The molecular formula is C15H16N4O5. The van der Waals surface area contributed by atoms with Crippen molar-refractivity contribution in [2.24, 2.45) is 7.05 Å². The third-order valence-electron chi connectivity index (χ3n) is 3.47. The van der Waals surface area contributed by atoms with Gasteiger partial charge in [-0.1, -0.05) is 24.3 Å². The Morgan fingerprint density at radius 1 is 1.42 bits per heavy atom. The summed E-state index contributed by atoms with van der Waals surface area (Å²) >= 11 is 0. The van der Waals surface area contributed by atoms with E-state index in [0.717, 1.165) is 16.4 Å². The van der Waals surface area contributed by atoms with Gasteiger partial charge in [0.05, 0.1) is 17.4 Å². The van der Waals surface area contributed by atoms with E-state index in [2.05, 4.69) is 10.4 Å². The van der Waals surface area contributed by atoms with E-state index in [1.165, 1.54) is 7.05 Å². The summed E-state index contributed by atoms with van der Waals surface area (Å²) in [6.07, 6.45) is 0.770. The number of hydrogen-bond acceptors (Lipinski definition) is 5. The number of amides is 1. The first kappa shape index (κ1) is 17.1. The first-order valence-electron chi connectivity index (χ1n) is 7.05. The topological polar surface area (TPSA) is 127 Å². The molecule has 0 saturated carbocycles. The van der Waals surface area contributed by atoms with Crippen molar-refractivity contribution in [2.75, 3.05) is 0 Å². The quantitative estimate of drug-likeness (QED) is 0.610. The van der Waals surface area contributed by atoms with Crippen LogP contribution in [-0.2, 0) is 11.8 Å². The molecule has 0 aliphatic heterocycles. The van der Waals surface area contributed by atoms with Crippen LogP contribution in [0.2, 0.25) is 0 Å². The maximum Gasteiger partial charge on any atom is 0.320 e. The zero-order valence-electron chi connectivity index (χ0n) is 13.1. The van der Waals surface area contributed by atoms with Crippen LogP contribution in [0.15, 0.2) is 30.5 Å². The predicted octanol–water partition coefficient (Wildman–Crippen LogP) is 1.58. The number of hydrogen-bond donors (Lipinski definition) is 2. The average molecular weight is 332 g/mol. The van der Waals surface area contributed by atoms with Gasteiger partial charge >= 0.3 is 11.7 Å². The number of carbonyl (C=O) groups is 2. The van der Waals surface area contributed by atoms with Crippen molar-refractivity contribution in [2.45, 2.75) is 19.4 Å². The SMILES string of the molecule is Cc1ccccc1C(CC(=O)O)NC(=O)c1nn(C)cc1[N+](=O)[O-]. The van der Waals surface area contributed by atoms with Crippen LogP contribution in [0.5, 0.6) is 0 Å². The molecule has 1 aromatic heterocycles. The molecule has 2 rings (SSSR count). The van der Waals surface area contributed by atoms with Crippen LogP contribution < -0.4 is 5.32 Å². The van der Waals surface area contributed by atoms with E-state index in [1.807, 2.05) is 0 Å². The Labute approximate surface area is 137 Å². The van der Waals surface area contributed by atoms with Gasteiger partial charge in [-0.15, -0.1) is 0 Å². The Balaban J connectivity index is 2.33. The Morgan fingerprint density at radius 2 is 2.08 bits per heavy atom. The first-order chi connectivity index (χ1) is 11.3. The third kappa shape index (κ3) is 3.75. The van der Waals surface area contributed by atoms with Crippen LogP contribution in [0.3, 0.4) is 0 Å². The second kappa shape index (κ2) is 6.90. The molecule has 1 atom stereocenters. The summed E-state index contributed by atoms with van der Waals surface area (Å²) < 4.78 is 1.16. The molecule has 2 aromatic rings. The van der Waals surface area contributed by atoms with E-state index in [1.54, 1.807) is 31.2 Å². The fourth-order valence-corrected chi connectivity index (χ4v) is 2.39. The number of rotatable bonds is 6. The molecule has 0 aliphatic rings. The van der Waals surface area contributed by atoms with Crippen molar-refractivity contribution in [3.63, 3.8) is 0 Å². The van der Waals surface area contributed by atoms with Crippen molar-refractivity contribution in [1.29, 1.82) is 0 Å². The van der Waals surface area contributed by atoms with Gasteiger partial charge in [0.1, 0.15) is 6.20 Å². The highest BCUT2D eigenvalue weighted by molar-refractivity contribution is 5.96. The Bertz CT molecular complexity index is 799. The summed E-state index contributed by atoms with van der Waals surface area (Å²) in [5, 5.41) is 26.4. The van der Waals surface area contributed by atoms with Crippen LogP contribution in [0, 0.1) is 17.0 Å². The molecule has 1 unspecified atom stereocenters. The van der Waals surface area contributed by atoms with E-state index in [0.29, 0.717) is 5.56 Å². The predicted molar refractivity (Wildman–Crippen MR) is 83.5 cm³/mol. The van der Waals surface area contributed by atoms with Gasteiger partial charge in [-0.05, 0) is 18.1 Å². The summed E-state index contributed by atoms with van der Waals surface area (Å²) in [6, 6.07) is 6.20. The lowest BCUT2D eigenvalue weighted by Gasteiger charge is -2.18. The van der Waals surface area contributed by atoms with Crippen molar-refractivity contribution in [3.05, 3.63) is 57.4 Å². The number of nitrogens with one attached hydrogen (secondary N) is 1. The molecular weight excluding hydrogens is 316 g/mol. The summed E-state index contributed by atoms with van der Waals surface area (Å²) in [5.41, 5.74) is 0.645. The molecule has 126 valence electrons. The monoisotopic (exact) mass is 332 g/mol. The van der Waals surface area contributed by atoms with Crippen molar-refractivity contribution < 1.29 is 19.6 Å². The highest BCUT2D eigenvalue weighted by atomic mass is 16.6. The number of aliphatic carboxylic acids is 1. The molecule has 0 fully saturated rings. The second-order valence-electron chi connectivity index (χ2n) is 5.27. The van der Waals surface area contributed by atoms with E-state index in [9.17, 15) is 19.7 Å². The van der Waals surface area contributed by atoms with Gasteiger partial charge < -0.3 is 10.4 Å². The molecule has 0 spiro atoms. The van der Waals surface area contributed by atoms with Gasteiger partial charge in [-0.3, -0.25) is 24.4 Å². The number of aromatic nitrogens is 2. The number of carboxylic acids is 1. The number of carbonyl (C=O) groups excluding carboxylic acids is 1. The summed E-state index contributed by atoms with van der Waals surface area (Å²) in [5.74, 6) is -1.89. The van der Waals surface area contributed by atoms with Crippen LogP contribution in [0.25, 0.3) is 0 Å². The number of aryl methyl sites for hydroxylation is 2. The minimum Gasteiger partial charge on any atom is -0.481 e. The molecule has 0 bridgehead atoms. The maximum absolute atomic E-state index is 12.4. The highest BCUT2D eigenvalue weighted by Crippen LogP contribution is 2.23. The smallest absolute Gasteiger partial charge is 0.320 e. The molecule has 0 radical (unpaired) electrons. The van der Waals surface area contributed by atoms with E-state index in [4.69, 9.17) is 5.11 Å². The van der Waals surface area contributed by atoms with Crippen LogP contribution >= 0.6 is 0 Å². The molecule has 1 amide bonds. The van der Waals surface area contributed by atoms with Gasteiger partial charge in [-0.2, -0.15) is 5.10 Å². The standard InChI is InChI=1S/C15H16N4O5/c1-9-5-3-4-6-10(9)11(7-13(20)21)16-15(22)14-12(19(23)24)8-18(2)17-14/h3-6,8,11H,7H2,1-2H3,(H,16,22)(H,20,21). The summed E-state index contributed by atoms with van der Waals surface area (Å²) in [4.78, 5) is 33.8. The summed E-state index contributed by atoms with van der Waals surface area (Å²) in [6.45, 7) is 1.79. The van der Waals surface area contributed by atoms with Gasteiger partial charge in [0, 0.05) is 7.05 Å². The highest BCUT2D eigenvalue weighted by Gasteiger charge is 2.28. The van der Waals surface area contributed by atoms with Crippen LogP contribution in [0.1, 0.15) is 34.1 Å². The molecule has 9 heteroatoms. The van der Waals surface area contributed by atoms with E-state index >= 15 is 0 Å². The lowest BCUT2D eigenvalue weighted by Crippen LogP contribution is -2.31. The molecule has 24 heavy (non-hydrogen) atoms. The lowest BCUT2D eigenvalue weighted by molar-refractivity contribution is -0.385. The minimum absolute atomic E-state index is 0.350. The van der Waals surface area contributed by atoms with Gasteiger partial charge in [0.15, 0.2) is 0 Å². The van der Waals surface area contributed by atoms with E-state index in [-0.39, 0.29) is 12.1 Å². The fraction of sp³-hybridized carbons (Fsp3) is 0.267. The lowest BCUT2D eigenvalue weighted by atomic mass is 9.98. The number of carboxylic acid groups (broad SMARTS) is 1. The molecule has 0 aliphatic carbocycles. The Kier molecular flexibility index (Phi) is 4.93. The van der Waals surface area contributed by atoms with Gasteiger partial charge in [0.2, 0.25) is 5.69 Å². The third-order valence-corrected chi connectivity index (χ3v) is 3.47. The normalized spacial score (nSPS) is 11.8. The molecule has 1 aromatic carbocycles. The number of benzene rings is 1. The summed E-state index contributed by atoms with van der Waals surface area (Å²) in [7, 11) is 1.46. The van der Waals surface area contributed by atoms with E-state index < -0.39 is 28.5 Å². The van der Waals surface area contributed by atoms with Crippen molar-refractivity contribution >= 4 is 17.6 Å². The van der Waals surface area contributed by atoms with Crippen LogP contribution in [-0.4, -0.2) is 31.7 Å². The fourth-order valence-electron chi connectivity index (χ4n) is 2.39. The van der Waals surface area contributed by atoms with Gasteiger partial charge in [-0.25, -0.2) is 0 Å². The number of nitro groups is 1. The average Bonchev–Trinajstić information content (AvgIpc) is 2.89. The van der Waals surface area contributed by atoms with Crippen LogP contribution in [0.4, 0.5) is 5.69 Å². The van der Waals surface area contributed by atoms with Crippen molar-refractivity contribution in [1.82, 2.24) is 15.1 Å². The second-order valence-corrected chi connectivity index (χ2v) is 5.27. The largest absolute Gasteiger partial charge is 0.481 e. The molecule has 2 N–H and O–H groups in total. The minimum atomic E-state index is -1.10. The number of nitrogens with zero attached hydrogens (tertiary/aromatic N) is 3. The van der Waals surface area contributed by atoms with Gasteiger partial charge in [0.25, 0.3) is 5.91 Å². The molecule has 9 nitrogen and oxygen atoms in total.